The van der Waals surface area contributed by atoms with Gasteiger partial charge in [-0.3, -0.25) is 0 Å². The van der Waals surface area contributed by atoms with E-state index in [0.717, 1.165) is 12.1 Å². The molecule has 0 amide bonds. The predicted octanol–water partition coefficient (Wildman–Crippen LogP) is 1.17. The van der Waals surface area contributed by atoms with E-state index in [9.17, 15) is 17.2 Å². The highest BCUT2D eigenvalue weighted by Gasteiger charge is 2.23. The average Bonchev–Trinajstić information content (AvgIpc) is 2.35. The van der Waals surface area contributed by atoms with Gasteiger partial charge in [0.05, 0.1) is 13.2 Å². The first-order valence-corrected chi connectivity index (χ1v) is 7.19. The van der Waals surface area contributed by atoms with E-state index in [2.05, 4.69) is 0 Å². The SMILES string of the molecule is NS(=O)(=O)c1ccc(OC2CCOCC2)c(F)c1F. The van der Waals surface area contributed by atoms with Gasteiger partial charge in [0, 0.05) is 12.8 Å². The largest absolute Gasteiger partial charge is 0.487 e. The summed E-state index contributed by atoms with van der Waals surface area (Å²) in [6.45, 7) is 0.980. The highest BCUT2D eigenvalue weighted by Crippen LogP contribution is 2.27. The van der Waals surface area contributed by atoms with Crippen LogP contribution in [-0.2, 0) is 14.8 Å². The normalized spacial score (nSPS) is 17.4. The summed E-state index contributed by atoms with van der Waals surface area (Å²) in [5, 5.41) is 4.77. The van der Waals surface area contributed by atoms with Gasteiger partial charge in [0.15, 0.2) is 11.6 Å². The first-order valence-electron chi connectivity index (χ1n) is 5.65. The third-order valence-corrected chi connectivity index (χ3v) is 3.71. The number of rotatable bonds is 3. The lowest BCUT2D eigenvalue weighted by molar-refractivity contribution is 0.0237. The summed E-state index contributed by atoms with van der Waals surface area (Å²) in [5.74, 6) is -3.19. The van der Waals surface area contributed by atoms with Gasteiger partial charge in [-0.25, -0.2) is 17.9 Å². The number of halogens is 2. The predicted molar refractivity (Wildman–Crippen MR) is 62.2 cm³/mol. The maximum absolute atomic E-state index is 13.7. The van der Waals surface area contributed by atoms with Crippen molar-refractivity contribution in [3.05, 3.63) is 23.8 Å². The monoisotopic (exact) mass is 293 g/mol. The van der Waals surface area contributed by atoms with E-state index in [1.54, 1.807) is 0 Å². The van der Waals surface area contributed by atoms with Crippen LogP contribution in [0.3, 0.4) is 0 Å². The number of nitrogens with two attached hydrogens (primary N) is 1. The zero-order valence-corrected chi connectivity index (χ0v) is 10.8. The molecule has 1 saturated heterocycles. The number of hydrogen-bond donors (Lipinski definition) is 1. The fourth-order valence-corrected chi connectivity index (χ4v) is 2.40. The molecule has 8 heteroatoms. The molecule has 1 fully saturated rings. The van der Waals surface area contributed by atoms with Crippen LogP contribution in [0.2, 0.25) is 0 Å². The number of ether oxygens (including phenoxy) is 2. The van der Waals surface area contributed by atoms with Crippen LogP contribution in [0.4, 0.5) is 8.78 Å². The molecule has 0 saturated carbocycles. The Morgan fingerprint density at radius 2 is 1.84 bits per heavy atom. The van der Waals surface area contributed by atoms with Gasteiger partial charge in [-0.1, -0.05) is 0 Å². The number of primary sulfonamides is 1. The minimum Gasteiger partial charge on any atom is -0.487 e. The summed E-state index contributed by atoms with van der Waals surface area (Å²) >= 11 is 0. The second kappa shape index (κ2) is 5.40. The fraction of sp³-hybridized carbons (Fsp3) is 0.455. The van der Waals surface area contributed by atoms with Gasteiger partial charge >= 0.3 is 0 Å². The lowest BCUT2D eigenvalue weighted by Crippen LogP contribution is -2.26. The molecule has 1 aliphatic rings. The van der Waals surface area contributed by atoms with Gasteiger partial charge in [0.1, 0.15) is 11.0 Å². The lowest BCUT2D eigenvalue weighted by atomic mass is 10.1. The summed E-state index contributed by atoms with van der Waals surface area (Å²) in [5.41, 5.74) is 0. The standard InChI is InChI=1S/C11H13F2NO4S/c12-10-8(18-7-3-5-17-6-4-7)1-2-9(11(10)13)19(14,15)16/h1-2,7H,3-6H2,(H2,14,15,16). The Bertz CT molecular complexity index is 570. The van der Waals surface area contributed by atoms with Crippen molar-refractivity contribution in [2.45, 2.75) is 23.8 Å². The van der Waals surface area contributed by atoms with Crippen molar-refractivity contribution in [2.75, 3.05) is 13.2 Å². The van der Waals surface area contributed by atoms with E-state index in [0.29, 0.717) is 26.1 Å². The second-order valence-corrected chi connectivity index (χ2v) is 5.69. The van der Waals surface area contributed by atoms with Crippen LogP contribution in [0.25, 0.3) is 0 Å². The molecule has 0 unspecified atom stereocenters. The van der Waals surface area contributed by atoms with Gasteiger partial charge in [-0.05, 0) is 12.1 Å². The second-order valence-electron chi connectivity index (χ2n) is 4.16. The van der Waals surface area contributed by atoms with E-state index >= 15 is 0 Å². The Kier molecular flexibility index (Phi) is 4.02. The van der Waals surface area contributed by atoms with Gasteiger partial charge in [0.25, 0.3) is 0 Å². The molecule has 19 heavy (non-hydrogen) atoms. The van der Waals surface area contributed by atoms with Crippen molar-refractivity contribution in [1.29, 1.82) is 0 Å². The molecule has 1 aliphatic heterocycles. The molecule has 0 aliphatic carbocycles. The Morgan fingerprint density at radius 3 is 2.42 bits per heavy atom. The third kappa shape index (κ3) is 3.20. The highest BCUT2D eigenvalue weighted by atomic mass is 32.2. The van der Waals surface area contributed by atoms with E-state index in [1.165, 1.54) is 0 Å². The van der Waals surface area contributed by atoms with Crippen LogP contribution in [-0.4, -0.2) is 27.7 Å². The Labute approximate surface area is 109 Å². The molecule has 0 radical (unpaired) electrons. The van der Waals surface area contributed by atoms with E-state index in [4.69, 9.17) is 14.6 Å². The fourth-order valence-electron chi connectivity index (χ4n) is 1.80. The quantitative estimate of drug-likeness (QED) is 0.907. The molecule has 2 N–H and O–H groups in total. The van der Waals surface area contributed by atoms with Crippen molar-refractivity contribution in [3.63, 3.8) is 0 Å². The van der Waals surface area contributed by atoms with Crippen molar-refractivity contribution >= 4 is 10.0 Å². The van der Waals surface area contributed by atoms with Crippen LogP contribution in [0.1, 0.15) is 12.8 Å². The lowest BCUT2D eigenvalue weighted by Gasteiger charge is -2.23. The van der Waals surface area contributed by atoms with E-state index in [-0.39, 0.29) is 11.9 Å². The smallest absolute Gasteiger partial charge is 0.241 e. The first kappa shape index (κ1) is 14.2. The Hall–Kier alpha value is -1.25. The third-order valence-electron chi connectivity index (χ3n) is 2.78. The highest BCUT2D eigenvalue weighted by molar-refractivity contribution is 7.89. The summed E-state index contributed by atoms with van der Waals surface area (Å²) in [6, 6.07) is 1.95. The molecule has 0 bridgehead atoms. The zero-order valence-electron chi connectivity index (χ0n) is 9.93. The van der Waals surface area contributed by atoms with Crippen LogP contribution >= 0.6 is 0 Å². The van der Waals surface area contributed by atoms with Crippen molar-refractivity contribution in [2.24, 2.45) is 5.14 Å². The molecule has 1 heterocycles. The van der Waals surface area contributed by atoms with Crippen molar-refractivity contribution in [3.8, 4) is 5.75 Å². The summed E-state index contributed by atoms with van der Waals surface area (Å²) in [6.07, 6.45) is 0.860. The van der Waals surface area contributed by atoms with E-state index in [1.807, 2.05) is 0 Å². The molecule has 0 atom stereocenters. The van der Waals surface area contributed by atoms with E-state index < -0.39 is 26.6 Å². The average molecular weight is 293 g/mol. The van der Waals surface area contributed by atoms with Gasteiger partial charge in [-0.15, -0.1) is 0 Å². The Balaban J connectivity index is 2.26. The molecule has 106 valence electrons. The Morgan fingerprint density at radius 1 is 1.21 bits per heavy atom. The van der Waals surface area contributed by atoms with Gasteiger partial charge in [0.2, 0.25) is 15.8 Å². The molecule has 0 spiro atoms. The van der Waals surface area contributed by atoms with Gasteiger partial charge in [-0.2, -0.15) is 4.39 Å². The molecular weight excluding hydrogens is 280 g/mol. The first-order chi connectivity index (χ1) is 8.89. The van der Waals surface area contributed by atoms with Crippen LogP contribution in [0.5, 0.6) is 5.75 Å². The van der Waals surface area contributed by atoms with Crippen molar-refractivity contribution in [1.82, 2.24) is 0 Å². The minimum absolute atomic E-state index is 0.275. The molecular formula is C11H13F2NO4S. The summed E-state index contributed by atoms with van der Waals surface area (Å²) < 4.78 is 59.7. The maximum atomic E-state index is 13.7. The molecule has 1 aromatic rings. The number of sulfonamides is 1. The van der Waals surface area contributed by atoms with Gasteiger partial charge < -0.3 is 9.47 Å². The molecule has 5 nitrogen and oxygen atoms in total. The van der Waals surface area contributed by atoms with Crippen molar-refractivity contribution < 1.29 is 26.7 Å². The number of benzene rings is 1. The maximum Gasteiger partial charge on any atom is 0.241 e. The summed E-state index contributed by atoms with van der Waals surface area (Å²) in [7, 11) is -4.30. The topological polar surface area (TPSA) is 78.6 Å². The summed E-state index contributed by atoms with van der Waals surface area (Å²) in [4.78, 5) is -0.885. The zero-order chi connectivity index (χ0) is 14.0. The minimum atomic E-state index is -4.30. The molecule has 0 aromatic heterocycles. The van der Waals surface area contributed by atoms with Crippen LogP contribution in [0, 0.1) is 11.6 Å². The molecule has 1 aromatic carbocycles. The molecule has 2 rings (SSSR count). The van der Waals surface area contributed by atoms with Crippen LogP contribution < -0.4 is 9.88 Å². The van der Waals surface area contributed by atoms with Crippen LogP contribution in [0.15, 0.2) is 17.0 Å². The number of hydrogen-bond acceptors (Lipinski definition) is 4.